The Hall–Kier alpha value is -3.03. The maximum Gasteiger partial charge on any atom is 0.243 e. The molecule has 0 bridgehead atoms. The number of benzene rings is 2. The lowest BCUT2D eigenvalue weighted by Crippen LogP contribution is -2.41. The van der Waals surface area contributed by atoms with Crippen molar-refractivity contribution in [3.63, 3.8) is 0 Å². The first-order valence-corrected chi connectivity index (χ1v) is 16.9. The summed E-state index contributed by atoms with van der Waals surface area (Å²) in [7, 11) is -3.43. The normalized spacial score (nSPS) is 23.7. The number of morpholine rings is 1. The first-order chi connectivity index (χ1) is 20.2. The van der Waals surface area contributed by atoms with Gasteiger partial charge in [-0.1, -0.05) is 36.4 Å². The van der Waals surface area contributed by atoms with Crippen LogP contribution in [-0.4, -0.2) is 58.6 Å². The standard InChI is InChI=1S/C33H41N4O4P/c1-33(2)31(36-30-29(34)14-15-35-32(30)41-33)27-12-10-26(11-13-27)25-8-6-23(7-9-25)22-42(38,39)28-5-3-4-24(20-28)21-37-16-18-40-19-17-37/h3-5,10-15,20,23,25H,6-9,16-19,21-22H2,1-2H3,(H2,34,35)(H,38,39)/t23-,25-. The van der Waals surface area contributed by atoms with Gasteiger partial charge in [0.1, 0.15) is 11.3 Å². The van der Waals surface area contributed by atoms with E-state index in [1.165, 1.54) is 5.56 Å². The number of hydrogen-bond acceptors (Lipinski definition) is 7. The number of fused-ring (bicyclic) bond motifs is 1. The molecule has 3 heterocycles. The van der Waals surface area contributed by atoms with E-state index in [4.69, 9.17) is 20.2 Å². The topological polar surface area (TPSA) is 110 Å². The number of aromatic nitrogens is 1. The molecule has 1 atom stereocenters. The minimum atomic E-state index is -3.43. The highest BCUT2D eigenvalue weighted by molar-refractivity contribution is 7.66. The van der Waals surface area contributed by atoms with Gasteiger partial charge in [-0.05, 0) is 80.7 Å². The largest absolute Gasteiger partial charge is 0.463 e. The van der Waals surface area contributed by atoms with Crippen LogP contribution in [-0.2, 0) is 15.8 Å². The number of pyridine rings is 1. The highest BCUT2D eigenvalue weighted by atomic mass is 31.2. The van der Waals surface area contributed by atoms with Gasteiger partial charge in [-0.2, -0.15) is 0 Å². The van der Waals surface area contributed by atoms with Crippen molar-refractivity contribution >= 4 is 29.8 Å². The van der Waals surface area contributed by atoms with E-state index >= 15 is 0 Å². The second kappa shape index (κ2) is 11.9. The van der Waals surface area contributed by atoms with E-state index in [1.54, 1.807) is 12.3 Å². The van der Waals surface area contributed by atoms with Crippen LogP contribution >= 0.6 is 7.37 Å². The van der Waals surface area contributed by atoms with Gasteiger partial charge in [0, 0.05) is 42.9 Å². The minimum absolute atomic E-state index is 0.257. The van der Waals surface area contributed by atoms with E-state index in [0.29, 0.717) is 34.6 Å². The molecule has 2 aromatic carbocycles. The van der Waals surface area contributed by atoms with Gasteiger partial charge < -0.3 is 20.1 Å². The third kappa shape index (κ3) is 6.32. The number of hydrogen-bond donors (Lipinski definition) is 2. The molecule has 1 aromatic heterocycles. The first kappa shape index (κ1) is 29.1. The van der Waals surface area contributed by atoms with Crippen molar-refractivity contribution in [2.24, 2.45) is 10.9 Å². The maximum absolute atomic E-state index is 13.5. The Morgan fingerprint density at radius 2 is 1.79 bits per heavy atom. The number of nitrogens with two attached hydrogens (primary N) is 1. The number of aliphatic imine (C=N–C) groups is 1. The summed E-state index contributed by atoms with van der Waals surface area (Å²) in [6, 6.07) is 18.1. The first-order valence-electron chi connectivity index (χ1n) is 15.0. The molecule has 8 nitrogen and oxygen atoms in total. The predicted molar refractivity (Wildman–Crippen MR) is 168 cm³/mol. The summed E-state index contributed by atoms with van der Waals surface area (Å²) in [5, 5.41) is 0.587. The Labute approximate surface area is 248 Å². The quantitative estimate of drug-likeness (QED) is 0.343. The van der Waals surface area contributed by atoms with Crippen molar-refractivity contribution in [3.05, 3.63) is 77.5 Å². The summed E-state index contributed by atoms with van der Waals surface area (Å²) < 4.78 is 25.1. The van der Waals surface area contributed by atoms with Gasteiger partial charge in [-0.3, -0.25) is 9.46 Å². The number of ether oxygens (including phenoxy) is 2. The third-order valence-electron chi connectivity index (χ3n) is 8.90. The Kier molecular flexibility index (Phi) is 8.25. The molecule has 1 saturated heterocycles. The monoisotopic (exact) mass is 588 g/mol. The molecule has 2 aliphatic heterocycles. The van der Waals surface area contributed by atoms with Crippen LogP contribution in [0.3, 0.4) is 0 Å². The molecule has 2 fully saturated rings. The third-order valence-corrected chi connectivity index (χ3v) is 11.0. The van der Waals surface area contributed by atoms with Crippen molar-refractivity contribution in [3.8, 4) is 5.88 Å². The molecule has 1 unspecified atom stereocenters. The van der Waals surface area contributed by atoms with Crippen molar-refractivity contribution < 1.29 is 18.9 Å². The van der Waals surface area contributed by atoms with E-state index < -0.39 is 13.0 Å². The van der Waals surface area contributed by atoms with Crippen molar-refractivity contribution in [2.75, 3.05) is 38.2 Å². The average Bonchev–Trinajstić information content (AvgIpc) is 2.98. The number of anilines is 1. The molecule has 3 aliphatic rings. The summed E-state index contributed by atoms with van der Waals surface area (Å²) in [6.07, 6.45) is 5.95. The van der Waals surface area contributed by atoms with Crippen LogP contribution < -0.4 is 15.8 Å². The van der Waals surface area contributed by atoms with E-state index in [9.17, 15) is 9.46 Å². The van der Waals surface area contributed by atoms with Crippen LogP contribution in [0.4, 0.5) is 11.4 Å². The Morgan fingerprint density at radius 1 is 1.05 bits per heavy atom. The fourth-order valence-electron chi connectivity index (χ4n) is 6.52. The van der Waals surface area contributed by atoms with Gasteiger partial charge in [-0.25, -0.2) is 9.98 Å². The van der Waals surface area contributed by atoms with Gasteiger partial charge in [0.05, 0.1) is 24.6 Å². The Balaban J connectivity index is 1.07. The lowest BCUT2D eigenvalue weighted by Gasteiger charge is -2.33. The Bertz CT molecular complexity index is 1490. The molecule has 3 N–H and O–H groups in total. The van der Waals surface area contributed by atoms with Crippen LogP contribution in [0, 0.1) is 5.92 Å². The van der Waals surface area contributed by atoms with E-state index in [2.05, 4.69) is 40.2 Å². The van der Waals surface area contributed by atoms with Gasteiger partial charge in [-0.15, -0.1) is 0 Å². The molecule has 0 amide bonds. The molecule has 6 rings (SSSR count). The summed E-state index contributed by atoms with van der Waals surface area (Å²) in [4.78, 5) is 22.6. The zero-order valence-corrected chi connectivity index (χ0v) is 25.4. The second-order valence-corrected chi connectivity index (χ2v) is 14.7. The van der Waals surface area contributed by atoms with Crippen LogP contribution in [0.1, 0.15) is 62.1 Å². The van der Waals surface area contributed by atoms with Gasteiger partial charge in [0.2, 0.25) is 13.2 Å². The summed E-state index contributed by atoms with van der Waals surface area (Å²) in [5.41, 5.74) is 10.9. The maximum atomic E-state index is 13.5. The van der Waals surface area contributed by atoms with Gasteiger partial charge in [0.15, 0.2) is 0 Å². The number of nitrogen functional groups attached to an aromatic ring is 1. The zero-order valence-electron chi connectivity index (χ0n) is 24.5. The van der Waals surface area contributed by atoms with Gasteiger partial charge >= 0.3 is 0 Å². The summed E-state index contributed by atoms with van der Waals surface area (Å²) in [6.45, 7) is 8.07. The molecule has 9 heteroatoms. The molecule has 222 valence electrons. The van der Waals surface area contributed by atoms with Crippen LogP contribution in [0.2, 0.25) is 0 Å². The van der Waals surface area contributed by atoms with Crippen molar-refractivity contribution in [1.82, 2.24) is 9.88 Å². The highest BCUT2D eigenvalue weighted by Crippen LogP contribution is 2.47. The van der Waals surface area contributed by atoms with E-state index in [0.717, 1.165) is 75.4 Å². The van der Waals surface area contributed by atoms with Crippen molar-refractivity contribution in [1.29, 1.82) is 0 Å². The number of nitrogens with zero attached hydrogens (tertiary/aromatic N) is 3. The van der Waals surface area contributed by atoms with Crippen LogP contribution in [0.5, 0.6) is 5.88 Å². The van der Waals surface area contributed by atoms with Crippen LogP contribution in [0.25, 0.3) is 0 Å². The molecule has 1 aliphatic carbocycles. The predicted octanol–water partition coefficient (Wildman–Crippen LogP) is 5.66. The smallest absolute Gasteiger partial charge is 0.243 e. The second-order valence-electron chi connectivity index (χ2n) is 12.4. The highest BCUT2D eigenvalue weighted by Gasteiger charge is 2.35. The molecule has 1 saturated carbocycles. The van der Waals surface area contributed by atoms with Crippen LogP contribution in [0.15, 0.2) is 65.8 Å². The van der Waals surface area contributed by atoms with Gasteiger partial charge in [0.25, 0.3) is 0 Å². The summed E-state index contributed by atoms with van der Waals surface area (Å²) >= 11 is 0. The molecule has 42 heavy (non-hydrogen) atoms. The fourth-order valence-corrected chi connectivity index (χ4v) is 8.48. The Morgan fingerprint density at radius 3 is 2.52 bits per heavy atom. The fraction of sp³-hybridized carbons (Fsp3) is 0.455. The van der Waals surface area contributed by atoms with Crippen molar-refractivity contribution in [2.45, 2.75) is 57.6 Å². The lowest BCUT2D eigenvalue weighted by molar-refractivity contribution is 0.0342. The molecule has 3 aromatic rings. The average molecular weight is 589 g/mol. The zero-order chi connectivity index (χ0) is 29.3. The molecule has 0 spiro atoms. The molecule has 0 radical (unpaired) electrons. The summed E-state index contributed by atoms with van der Waals surface area (Å²) in [5.74, 6) is 1.17. The molecular weight excluding hydrogens is 547 g/mol. The van der Waals surface area contributed by atoms with E-state index in [-0.39, 0.29) is 5.92 Å². The minimum Gasteiger partial charge on any atom is -0.463 e. The lowest BCUT2D eigenvalue weighted by atomic mass is 9.79. The number of rotatable bonds is 7. The van der Waals surface area contributed by atoms with E-state index in [1.807, 2.05) is 32.0 Å². The SMILES string of the molecule is CC1(C)Oc2nccc(N)c2N=C1c1ccc([C@H]2CC[C@H](CP(=O)(O)c3cccc(CN4CCOCC4)c3)CC2)cc1. The molecular formula is C33H41N4O4P.